The van der Waals surface area contributed by atoms with Crippen molar-refractivity contribution < 1.29 is 4.74 Å². The zero-order chi connectivity index (χ0) is 11.8. The first-order valence-electron chi connectivity index (χ1n) is 7.27. The van der Waals surface area contributed by atoms with Crippen LogP contribution in [0.3, 0.4) is 0 Å². The SMILES string of the molecule is COC1CC(NC2CC3CCCC(C2)N3C)C1. The molecule has 2 bridgehead atoms. The maximum Gasteiger partial charge on any atom is 0.0601 e. The second kappa shape index (κ2) is 4.87. The summed E-state index contributed by atoms with van der Waals surface area (Å²) in [5.74, 6) is 0. The van der Waals surface area contributed by atoms with Crippen molar-refractivity contribution in [3.63, 3.8) is 0 Å². The van der Waals surface area contributed by atoms with Crippen molar-refractivity contribution >= 4 is 0 Å². The smallest absolute Gasteiger partial charge is 0.0601 e. The van der Waals surface area contributed by atoms with Gasteiger partial charge in [0.05, 0.1) is 6.10 Å². The number of nitrogens with one attached hydrogen (secondary N) is 1. The van der Waals surface area contributed by atoms with Crippen LogP contribution in [0.5, 0.6) is 0 Å². The van der Waals surface area contributed by atoms with Crippen molar-refractivity contribution in [2.24, 2.45) is 0 Å². The van der Waals surface area contributed by atoms with E-state index in [0.717, 1.165) is 24.2 Å². The maximum atomic E-state index is 5.35. The monoisotopic (exact) mass is 238 g/mol. The molecule has 0 amide bonds. The molecule has 1 aliphatic carbocycles. The van der Waals surface area contributed by atoms with Gasteiger partial charge in [0.25, 0.3) is 0 Å². The fourth-order valence-corrected chi connectivity index (χ4v) is 3.98. The predicted octanol–water partition coefficient (Wildman–Crippen LogP) is 1.77. The van der Waals surface area contributed by atoms with Crippen molar-refractivity contribution in [3.8, 4) is 0 Å². The van der Waals surface area contributed by atoms with Gasteiger partial charge in [0.1, 0.15) is 0 Å². The second-order valence-electron chi connectivity index (χ2n) is 6.27. The molecule has 1 N–H and O–H groups in total. The largest absolute Gasteiger partial charge is 0.381 e. The third-order valence-electron chi connectivity index (χ3n) is 5.24. The van der Waals surface area contributed by atoms with Gasteiger partial charge in [-0.05, 0) is 45.6 Å². The van der Waals surface area contributed by atoms with Gasteiger partial charge >= 0.3 is 0 Å². The highest BCUT2D eigenvalue weighted by molar-refractivity contribution is 4.96. The third kappa shape index (κ3) is 2.38. The molecule has 3 rings (SSSR count). The Bertz CT molecular complexity index is 251. The van der Waals surface area contributed by atoms with Crippen LogP contribution in [0.1, 0.15) is 44.9 Å². The minimum absolute atomic E-state index is 0.526. The van der Waals surface area contributed by atoms with Crippen LogP contribution >= 0.6 is 0 Å². The van der Waals surface area contributed by atoms with Gasteiger partial charge in [0.15, 0.2) is 0 Å². The molecule has 2 heterocycles. The Labute approximate surface area is 105 Å². The van der Waals surface area contributed by atoms with E-state index in [1.54, 1.807) is 0 Å². The Morgan fingerprint density at radius 1 is 1.00 bits per heavy atom. The molecule has 1 saturated carbocycles. The van der Waals surface area contributed by atoms with E-state index in [9.17, 15) is 0 Å². The normalized spacial score (nSPS) is 46.6. The predicted molar refractivity (Wildman–Crippen MR) is 69.2 cm³/mol. The lowest BCUT2D eigenvalue weighted by atomic mass is 9.80. The molecule has 3 heteroatoms. The Morgan fingerprint density at radius 2 is 1.59 bits per heavy atom. The van der Waals surface area contributed by atoms with Crippen molar-refractivity contribution in [2.45, 2.75) is 75.2 Å². The maximum absolute atomic E-state index is 5.35. The number of methoxy groups -OCH3 is 1. The van der Waals surface area contributed by atoms with E-state index >= 15 is 0 Å². The van der Waals surface area contributed by atoms with E-state index in [2.05, 4.69) is 17.3 Å². The first kappa shape index (κ1) is 11.9. The van der Waals surface area contributed by atoms with E-state index < -0.39 is 0 Å². The molecule has 0 radical (unpaired) electrons. The average molecular weight is 238 g/mol. The third-order valence-corrected chi connectivity index (χ3v) is 5.24. The summed E-state index contributed by atoms with van der Waals surface area (Å²) in [4.78, 5) is 2.64. The summed E-state index contributed by atoms with van der Waals surface area (Å²) in [5.41, 5.74) is 0. The van der Waals surface area contributed by atoms with Crippen LogP contribution in [0.15, 0.2) is 0 Å². The molecule has 2 saturated heterocycles. The van der Waals surface area contributed by atoms with E-state index in [-0.39, 0.29) is 0 Å². The van der Waals surface area contributed by atoms with Gasteiger partial charge in [-0.1, -0.05) is 6.42 Å². The summed E-state index contributed by atoms with van der Waals surface area (Å²) in [6.07, 6.45) is 9.96. The fourth-order valence-electron chi connectivity index (χ4n) is 3.98. The number of hydrogen-bond acceptors (Lipinski definition) is 3. The molecule has 2 unspecified atom stereocenters. The molecular formula is C14H26N2O. The van der Waals surface area contributed by atoms with Crippen LogP contribution in [0.25, 0.3) is 0 Å². The van der Waals surface area contributed by atoms with Crippen LogP contribution in [-0.2, 0) is 4.74 Å². The molecule has 3 aliphatic rings. The Kier molecular flexibility index (Phi) is 3.42. The van der Waals surface area contributed by atoms with Crippen molar-refractivity contribution in [2.75, 3.05) is 14.2 Å². The molecule has 3 nitrogen and oxygen atoms in total. The summed E-state index contributed by atoms with van der Waals surface area (Å²) in [6, 6.07) is 3.19. The van der Waals surface area contributed by atoms with Crippen LogP contribution in [0, 0.1) is 0 Å². The van der Waals surface area contributed by atoms with Gasteiger partial charge in [-0.15, -0.1) is 0 Å². The van der Waals surface area contributed by atoms with Crippen molar-refractivity contribution in [1.82, 2.24) is 10.2 Å². The van der Waals surface area contributed by atoms with Crippen molar-refractivity contribution in [3.05, 3.63) is 0 Å². The molecule has 98 valence electrons. The van der Waals surface area contributed by atoms with Crippen molar-refractivity contribution in [1.29, 1.82) is 0 Å². The van der Waals surface area contributed by atoms with Gasteiger partial charge in [0, 0.05) is 31.3 Å². The number of nitrogens with zero attached hydrogens (tertiary/aromatic N) is 1. The van der Waals surface area contributed by atoms with Crippen LogP contribution in [0.4, 0.5) is 0 Å². The molecule has 0 aromatic heterocycles. The number of hydrogen-bond donors (Lipinski definition) is 1. The van der Waals surface area contributed by atoms with Gasteiger partial charge in [-0.25, -0.2) is 0 Å². The molecule has 0 aromatic carbocycles. The lowest BCUT2D eigenvalue weighted by Crippen LogP contribution is -2.58. The molecule has 0 aromatic rings. The Balaban J connectivity index is 1.49. The molecule has 17 heavy (non-hydrogen) atoms. The highest BCUT2D eigenvalue weighted by atomic mass is 16.5. The molecular weight excluding hydrogens is 212 g/mol. The van der Waals surface area contributed by atoms with E-state index in [4.69, 9.17) is 4.74 Å². The topological polar surface area (TPSA) is 24.5 Å². The molecule has 3 fully saturated rings. The van der Waals surface area contributed by atoms with Gasteiger partial charge in [0.2, 0.25) is 0 Å². The minimum Gasteiger partial charge on any atom is -0.381 e. The van der Waals surface area contributed by atoms with Crippen LogP contribution in [-0.4, -0.2) is 49.3 Å². The lowest BCUT2D eigenvalue weighted by Gasteiger charge is -2.49. The lowest BCUT2D eigenvalue weighted by molar-refractivity contribution is -0.000221. The molecule has 2 aliphatic heterocycles. The van der Waals surface area contributed by atoms with Crippen LogP contribution in [0.2, 0.25) is 0 Å². The van der Waals surface area contributed by atoms with Gasteiger partial charge in [-0.2, -0.15) is 0 Å². The number of piperidine rings is 2. The van der Waals surface area contributed by atoms with Crippen LogP contribution < -0.4 is 5.32 Å². The molecule has 0 spiro atoms. The summed E-state index contributed by atoms with van der Waals surface area (Å²) in [6.45, 7) is 0. The van der Waals surface area contributed by atoms with E-state index in [1.807, 2.05) is 7.11 Å². The summed E-state index contributed by atoms with van der Waals surface area (Å²) < 4.78 is 5.35. The standard InChI is InChI=1S/C14H26N2O/c1-16-12-4-3-5-13(16)7-10(6-12)15-11-8-14(9-11)17-2/h10-15H,3-9H2,1-2H3. The second-order valence-corrected chi connectivity index (χ2v) is 6.27. The summed E-state index contributed by atoms with van der Waals surface area (Å²) in [7, 11) is 4.16. The number of rotatable bonds is 3. The van der Waals surface area contributed by atoms with E-state index in [0.29, 0.717) is 6.10 Å². The first-order valence-corrected chi connectivity index (χ1v) is 7.27. The highest BCUT2D eigenvalue weighted by Crippen LogP contribution is 2.34. The highest BCUT2D eigenvalue weighted by Gasteiger charge is 2.38. The zero-order valence-corrected chi connectivity index (χ0v) is 11.2. The Morgan fingerprint density at radius 3 is 2.18 bits per heavy atom. The van der Waals surface area contributed by atoms with E-state index in [1.165, 1.54) is 44.9 Å². The number of fused-ring (bicyclic) bond motifs is 2. The Hall–Kier alpha value is -0.120. The van der Waals surface area contributed by atoms with Gasteiger partial charge < -0.3 is 15.0 Å². The van der Waals surface area contributed by atoms with Gasteiger partial charge in [-0.3, -0.25) is 0 Å². The first-order chi connectivity index (χ1) is 8.26. The number of ether oxygens (including phenoxy) is 1. The summed E-state index contributed by atoms with van der Waals surface area (Å²) in [5, 5.41) is 3.86. The average Bonchev–Trinajstić information content (AvgIpc) is 2.23. The fraction of sp³-hybridized carbons (Fsp3) is 1.00. The minimum atomic E-state index is 0.526. The quantitative estimate of drug-likeness (QED) is 0.811. The molecule has 2 atom stereocenters. The zero-order valence-electron chi connectivity index (χ0n) is 11.2. The summed E-state index contributed by atoms with van der Waals surface area (Å²) >= 11 is 0.